The molecule has 1 unspecified atom stereocenters. The number of hydrogen-bond acceptors (Lipinski definition) is 3. The molecule has 2 amide bonds. The molecule has 0 aromatic heterocycles. The topological polar surface area (TPSA) is 75.3 Å². The van der Waals surface area contributed by atoms with E-state index in [1.807, 2.05) is 0 Å². The molecule has 2 saturated carbocycles. The molecule has 0 spiro atoms. The molecule has 0 radical (unpaired) electrons. The number of fused-ring (bicyclic) bond motifs is 1. The Balaban J connectivity index is 2.31. The van der Waals surface area contributed by atoms with Crippen molar-refractivity contribution in [1.29, 1.82) is 0 Å². The lowest BCUT2D eigenvalue weighted by atomic mass is 9.78. The summed E-state index contributed by atoms with van der Waals surface area (Å²) >= 11 is 2.23. The molecule has 2 aliphatic carbocycles. The van der Waals surface area contributed by atoms with E-state index in [9.17, 15) is 14.4 Å². The summed E-state index contributed by atoms with van der Waals surface area (Å²) in [6.07, 6.45) is 5.88. The molecule has 2 fully saturated rings. The van der Waals surface area contributed by atoms with Crippen molar-refractivity contribution in [3.63, 3.8) is 0 Å². The van der Waals surface area contributed by atoms with Crippen molar-refractivity contribution >= 4 is 40.2 Å². The Kier molecular flexibility index (Phi) is 6.45. The van der Waals surface area contributed by atoms with Crippen molar-refractivity contribution in [3.8, 4) is 0 Å². The summed E-state index contributed by atoms with van der Waals surface area (Å²) < 4.78 is 0.0391. The number of hydrogen-bond donors (Lipinski definition) is 2. The maximum Gasteiger partial charge on any atom is 0.246 e. The highest BCUT2D eigenvalue weighted by Gasteiger charge is 2.60. The third kappa shape index (κ3) is 3.83. The van der Waals surface area contributed by atoms with Crippen LogP contribution in [0.4, 0.5) is 0 Å². The zero-order valence-electron chi connectivity index (χ0n) is 14.4. The van der Waals surface area contributed by atoms with Crippen LogP contribution in [-0.2, 0) is 14.4 Å². The SMILES string of the molecule is C=CC[C@H]1[C@@H]2CC(=O)C[C@@H]2C[C@@]1(NC(C)=O)C(=O)NC(I)CCC. The van der Waals surface area contributed by atoms with Gasteiger partial charge in [-0.05, 0) is 37.0 Å². The van der Waals surface area contributed by atoms with E-state index in [2.05, 4.69) is 46.7 Å². The molecule has 0 aliphatic heterocycles. The highest BCUT2D eigenvalue weighted by molar-refractivity contribution is 14.1. The van der Waals surface area contributed by atoms with Crippen LogP contribution in [0.3, 0.4) is 0 Å². The number of amides is 2. The van der Waals surface area contributed by atoms with Gasteiger partial charge in [-0.2, -0.15) is 0 Å². The molecule has 0 aromatic rings. The lowest BCUT2D eigenvalue weighted by molar-refractivity contribution is -0.135. The van der Waals surface area contributed by atoms with E-state index in [1.54, 1.807) is 6.08 Å². The first kappa shape index (κ1) is 19.4. The Morgan fingerprint density at radius 2 is 2.17 bits per heavy atom. The molecule has 2 aliphatic rings. The Labute approximate surface area is 157 Å². The molecular weight excluding hydrogens is 419 g/mol. The van der Waals surface area contributed by atoms with E-state index < -0.39 is 5.54 Å². The smallest absolute Gasteiger partial charge is 0.246 e. The highest BCUT2D eigenvalue weighted by atomic mass is 127. The second kappa shape index (κ2) is 7.97. The average Bonchev–Trinajstić information content (AvgIpc) is 2.95. The van der Waals surface area contributed by atoms with Gasteiger partial charge in [-0.25, -0.2) is 0 Å². The number of nitrogens with one attached hydrogen (secondary N) is 2. The van der Waals surface area contributed by atoms with Crippen LogP contribution >= 0.6 is 22.6 Å². The maximum atomic E-state index is 13.1. The van der Waals surface area contributed by atoms with Gasteiger partial charge in [-0.1, -0.05) is 42.0 Å². The van der Waals surface area contributed by atoms with Crippen LogP contribution in [0.5, 0.6) is 0 Å². The third-order valence-electron chi connectivity index (χ3n) is 5.35. The van der Waals surface area contributed by atoms with Crippen LogP contribution in [0.1, 0.15) is 52.4 Å². The summed E-state index contributed by atoms with van der Waals surface area (Å²) in [7, 11) is 0. The first-order valence-electron chi connectivity index (χ1n) is 8.70. The van der Waals surface area contributed by atoms with Crippen molar-refractivity contribution < 1.29 is 14.4 Å². The monoisotopic (exact) mass is 446 g/mol. The van der Waals surface area contributed by atoms with Crippen molar-refractivity contribution in [3.05, 3.63) is 12.7 Å². The van der Waals surface area contributed by atoms with Crippen LogP contribution in [0.2, 0.25) is 0 Å². The molecule has 0 aromatic carbocycles. The fourth-order valence-electron chi connectivity index (χ4n) is 4.51. The van der Waals surface area contributed by atoms with Crippen molar-refractivity contribution in [2.24, 2.45) is 17.8 Å². The van der Waals surface area contributed by atoms with Gasteiger partial charge >= 0.3 is 0 Å². The van der Waals surface area contributed by atoms with E-state index in [4.69, 9.17) is 0 Å². The van der Waals surface area contributed by atoms with Gasteiger partial charge in [-0.3, -0.25) is 14.4 Å². The zero-order chi connectivity index (χ0) is 17.9. The number of rotatable bonds is 7. The first-order chi connectivity index (χ1) is 11.3. The number of carbonyl (C=O) groups is 3. The van der Waals surface area contributed by atoms with Gasteiger partial charge in [0.15, 0.2) is 0 Å². The van der Waals surface area contributed by atoms with Gasteiger partial charge in [0, 0.05) is 19.8 Å². The molecule has 24 heavy (non-hydrogen) atoms. The predicted octanol–water partition coefficient (Wildman–Crippen LogP) is 2.73. The number of allylic oxidation sites excluding steroid dienone is 1. The Hall–Kier alpha value is -0.920. The lowest BCUT2D eigenvalue weighted by Gasteiger charge is -2.37. The highest BCUT2D eigenvalue weighted by Crippen LogP contribution is 2.53. The Morgan fingerprint density at radius 1 is 1.46 bits per heavy atom. The van der Waals surface area contributed by atoms with Gasteiger partial charge in [-0.15, -0.1) is 6.58 Å². The normalized spacial score (nSPS) is 33.0. The second-order valence-electron chi connectivity index (χ2n) is 7.09. The summed E-state index contributed by atoms with van der Waals surface area (Å²) in [5.74, 6) is 0.227. The fourth-order valence-corrected chi connectivity index (χ4v) is 5.41. The predicted molar refractivity (Wildman–Crippen MR) is 102 cm³/mol. The number of halogens is 1. The van der Waals surface area contributed by atoms with E-state index >= 15 is 0 Å². The largest absolute Gasteiger partial charge is 0.342 e. The van der Waals surface area contributed by atoms with Crippen LogP contribution in [0.25, 0.3) is 0 Å². The minimum atomic E-state index is -0.923. The van der Waals surface area contributed by atoms with Crippen molar-refractivity contribution in [2.75, 3.05) is 0 Å². The van der Waals surface area contributed by atoms with Gasteiger partial charge in [0.1, 0.15) is 11.3 Å². The summed E-state index contributed by atoms with van der Waals surface area (Å²) in [6.45, 7) is 7.35. The quantitative estimate of drug-likeness (QED) is 0.273. The zero-order valence-corrected chi connectivity index (χ0v) is 16.6. The number of Topliss-reactive ketones (excluding diaryl/α,β-unsaturated/α-hetero) is 1. The summed E-state index contributed by atoms with van der Waals surface area (Å²) in [5, 5.41) is 6.04. The molecule has 0 saturated heterocycles. The number of alkyl halides is 1. The van der Waals surface area contributed by atoms with Crippen LogP contribution in [0.15, 0.2) is 12.7 Å². The Bertz CT molecular complexity index is 536. The summed E-state index contributed by atoms with van der Waals surface area (Å²) in [6, 6.07) is 0. The summed E-state index contributed by atoms with van der Waals surface area (Å²) in [5.41, 5.74) is -0.923. The van der Waals surface area contributed by atoms with Crippen LogP contribution in [0, 0.1) is 17.8 Å². The third-order valence-corrected chi connectivity index (χ3v) is 6.28. The molecule has 5 atom stereocenters. The van der Waals surface area contributed by atoms with Gasteiger partial charge in [0.05, 0.1) is 4.05 Å². The van der Waals surface area contributed by atoms with Crippen LogP contribution < -0.4 is 10.6 Å². The molecule has 2 rings (SSSR count). The maximum absolute atomic E-state index is 13.1. The van der Waals surface area contributed by atoms with Crippen molar-refractivity contribution in [2.45, 2.75) is 62.0 Å². The van der Waals surface area contributed by atoms with Gasteiger partial charge < -0.3 is 10.6 Å². The number of carbonyl (C=O) groups excluding carboxylic acids is 3. The molecule has 134 valence electrons. The van der Waals surface area contributed by atoms with E-state index in [0.717, 1.165) is 12.8 Å². The molecular formula is C18H27IN2O3. The van der Waals surface area contributed by atoms with E-state index in [-0.39, 0.29) is 39.4 Å². The molecule has 0 heterocycles. The molecule has 6 heteroatoms. The van der Waals surface area contributed by atoms with E-state index in [0.29, 0.717) is 25.7 Å². The summed E-state index contributed by atoms with van der Waals surface area (Å²) in [4.78, 5) is 36.9. The van der Waals surface area contributed by atoms with Crippen molar-refractivity contribution in [1.82, 2.24) is 10.6 Å². The first-order valence-corrected chi connectivity index (χ1v) is 9.95. The van der Waals surface area contributed by atoms with Gasteiger partial charge in [0.25, 0.3) is 0 Å². The molecule has 2 N–H and O–H groups in total. The minimum absolute atomic E-state index is 0.0391. The standard InChI is InChI=1S/C18H27IN2O3/c1-4-6-15-14-9-13(23)8-12(14)10-18(15,21-11(3)22)17(24)20-16(19)7-5-2/h4,12,14-16H,1,5-10H2,2-3H3,(H,20,24)(H,21,22)/t12-,14-,15+,16?,18+/m1/s1. The minimum Gasteiger partial charge on any atom is -0.342 e. The van der Waals surface area contributed by atoms with Crippen LogP contribution in [-0.4, -0.2) is 27.2 Å². The molecule has 5 nitrogen and oxygen atoms in total. The molecule has 0 bridgehead atoms. The lowest BCUT2D eigenvalue weighted by Crippen LogP contribution is -2.62. The second-order valence-corrected chi connectivity index (χ2v) is 8.59. The van der Waals surface area contributed by atoms with E-state index in [1.165, 1.54) is 6.92 Å². The number of ketones is 1. The average molecular weight is 446 g/mol. The fraction of sp³-hybridized carbons (Fsp3) is 0.722. The Morgan fingerprint density at radius 3 is 2.75 bits per heavy atom. The van der Waals surface area contributed by atoms with Gasteiger partial charge in [0.2, 0.25) is 11.8 Å².